The molecule has 4 aromatic carbocycles. The summed E-state index contributed by atoms with van der Waals surface area (Å²) in [5.74, 6) is 0.480. The summed E-state index contributed by atoms with van der Waals surface area (Å²) >= 11 is 0. The van der Waals surface area contributed by atoms with Gasteiger partial charge in [0.2, 0.25) is 0 Å². The van der Waals surface area contributed by atoms with Gasteiger partial charge in [0.05, 0.1) is 7.11 Å². The molecule has 0 radical (unpaired) electrons. The van der Waals surface area contributed by atoms with Gasteiger partial charge in [-0.05, 0) is 34.4 Å². The summed E-state index contributed by atoms with van der Waals surface area (Å²) in [6, 6.07) is 34.1. The maximum atomic E-state index is 12.1. The van der Waals surface area contributed by atoms with Crippen molar-refractivity contribution in [3.8, 4) is 39.1 Å². The molecule has 0 fully saturated rings. The molecule has 4 aromatic rings. The summed E-state index contributed by atoms with van der Waals surface area (Å²) in [5.41, 5.74) is 5.71. The Hall–Kier alpha value is -3.85. The molecular weight excluding hydrogens is 360 g/mol. The van der Waals surface area contributed by atoms with E-state index in [1.165, 1.54) is 7.11 Å². The Morgan fingerprint density at radius 3 is 1.41 bits per heavy atom. The van der Waals surface area contributed by atoms with Crippen molar-refractivity contribution >= 4 is 6.16 Å². The lowest BCUT2D eigenvalue weighted by Gasteiger charge is -2.17. The first-order chi connectivity index (χ1) is 14.3. The van der Waals surface area contributed by atoms with Crippen LogP contribution in [0.15, 0.2) is 103 Å². The average Bonchev–Trinajstić information content (AvgIpc) is 2.80. The van der Waals surface area contributed by atoms with Crippen LogP contribution in [0.25, 0.3) is 33.4 Å². The molecule has 0 bridgehead atoms. The van der Waals surface area contributed by atoms with Crippen LogP contribution in [0, 0.1) is 0 Å². The molecule has 0 unspecified atom stereocenters. The standard InChI is InChI=1S/C26H20O3/c1-28-26(27)29-25-23(20-13-7-3-8-14-20)17-22(19-11-5-2-6-12-19)18-24(25)21-15-9-4-10-16-21/h2-18H,1H3. The van der Waals surface area contributed by atoms with Gasteiger partial charge < -0.3 is 9.47 Å². The number of methoxy groups -OCH3 is 1. The molecule has 0 saturated carbocycles. The van der Waals surface area contributed by atoms with E-state index in [1.54, 1.807) is 0 Å². The molecule has 0 aromatic heterocycles. The smallest absolute Gasteiger partial charge is 0.437 e. The SMILES string of the molecule is COC(=O)Oc1c(-c2ccccc2)cc(-c2ccccc2)cc1-c1ccccc1. The molecular formula is C26H20O3. The lowest BCUT2D eigenvalue weighted by molar-refractivity contribution is 0.122. The minimum absolute atomic E-state index is 0.480. The Morgan fingerprint density at radius 1 is 0.586 bits per heavy atom. The largest absolute Gasteiger partial charge is 0.513 e. The number of ether oxygens (including phenoxy) is 2. The monoisotopic (exact) mass is 380 g/mol. The lowest BCUT2D eigenvalue weighted by atomic mass is 9.92. The molecule has 4 rings (SSSR count). The van der Waals surface area contributed by atoms with Crippen LogP contribution in [0.3, 0.4) is 0 Å². The highest BCUT2D eigenvalue weighted by atomic mass is 16.7. The van der Waals surface area contributed by atoms with E-state index >= 15 is 0 Å². The van der Waals surface area contributed by atoms with Crippen LogP contribution < -0.4 is 4.74 Å². The van der Waals surface area contributed by atoms with Crippen LogP contribution in [0.1, 0.15) is 0 Å². The van der Waals surface area contributed by atoms with Crippen molar-refractivity contribution in [2.24, 2.45) is 0 Å². The van der Waals surface area contributed by atoms with E-state index in [0.717, 1.165) is 33.4 Å². The zero-order chi connectivity index (χ0) is 20.1. The van der Waals surface area contributed by atoms with Gasteiger partial charge in [-0.1, -0.05) is 91.0 Å². The van der Waals surface area contributed by atoms with Gasteiger partial charge in [-0.3, -0.25) is 0 Å². The van der Waals surface area contributed by atoms with Crippen LogP contribution in [-0.4, -0.2) is 13.3 Å². The van der Waals surface area contributed by atoms with Crippen LogP contribution >= 0.6 is 0 Å². The fraction of sp³-hybridized carbons (Fsp3) is 0.0385. The Bertz CT molecular complexity index is 1040. The highest BCUT2D eigenvalue weighted by molar-refractivity contribution is 5.89. The van der Waals surface area contributed by atoms with E-state index in [0.29, 0.717) is 5.75 Å². The highest BCUT2D eigenvalue weighted by Crippen LogP contribution is 2.42. The van der Waals surface area contributed by atoms with Crippen molar-refractivity contribution in [3.63, 3.8) is 0 Å². The summed E-state index contributed by atoms with van der Waals surface area (Å²) in [4.78, 5) is 12.1. The summed E-state index contributed by atoms with van der Waals surface area (Å²) in [7, 11) is 1.31. The number of hydrogen-bond acceptors (Lipinski definition) is 3. The molecule has 29 heavy (non-hydrogen) atoms. The van der Waals surface area contributed by atoms with Crippen LogP contribution in [0.4, 0.5) is 4.79 Å². The van der Waals surface area contributed by atoms with Gasteiger partial charge in [-0.25, -0.2) is 4.79 Å². The normalized spacial score (nSPS) is 10.4. The third-order valence-electron chi connectivity index (χ3n) is 4.72. The second kappa shape index (κ2) is 8.44. The van der Waals surface area contributed by atoms with Crippen molar-refractivity contribution in [1.82, 2.24) is 0 Å². The molecule has 0 N–H and O–H groups in total. The fourth-order valence-electron chi connectivity index (χ4n) is 3.33. The zero-order valence-corrected chi connectivity index (χ0v) is 16.0. The van der Waals surface area contributed by atoms with Gasteiger partial charge in [-0.2, -0.15) is 0 Å². The quantitative estimate of drug-likeness (QED) is 0.287. The minimum Gasteiger partial charge on any atom is -0.437 e. The third-order valence-corrected chi connectivity index (χ3v) is 4.72. The summed E-state index contributed by atoms with van der Waals surface area (Å²) in [6.07, 6.45) is -0.744. The molecule has 0 aliphatic carbocycles. The number of benzene rings is 4. The second-order valence-electron chi connectivity index (χ2n) is 6.55. The van der Waals surface area contributed by atoms with Gasteiger partial charge in [-0.15, -0.1) is 0 Å². The Labute approximate surface area is 170 Å². The summed E-state index contributed by atoms with van der Waals surface area (Å²) < 4.78 is 10.5. The van der Waals surface area contributed by atoms with Gasteiger partial charge in [0.15, 0.2) is 0 Å². The highest BCUT2D eigenvalue weighted by Gasteiger charge is 2.19. The van der Waals surface area contributed by atoms with Crippen LogP contribution in [0.5, 0.6) is 5.75 Å². The topological polar surface area (TPSA) is 35.5 Å². The number of hydrogen-bond donors (Lipinski definition) is 0. The van der Waals surface area contributed by atoms with Gasteiger partial charge in [0.1, 0.15) is 5.75 Å². The van der Waals surface area contributed by atoms with Gasteiger partial charge in [0, 0.05) is 11.1 Å². The molecule has 0 heterocycles. The zero-order valence-electron chi connectivity index (χ0n) is 16.0. The minimum atomic E-state index is -0.744. The van der Waals surface area contributed by atoms with E-state index in [1.807, 2.05) is 78.9 Å². The molecule has 0 spiro atoms. The first-order valence-electron chi connectivity index (χ1n) is 9.36. The van der Waals surface area contributed by atoms with Crippen molar-refractivity contribution < 1.29 is 14.3 Å². The van der Waals surface area contributed by atoms with E-state index < -0.39 is 6.16 Å². The predicted octanol–water partition coefficient (Wildman–Crippen LogP) is 6.83. The fourth-order valence-corrected chi connectivity index (χ4v) is 3.33. The van der Waals surface area contributed by atoms with Crippen LogP contribution in [-0.2, 0) is 4.74 Å². The van der Waals surface area contributed by atoms with Crippen LogP contribution in [0.2, 0.25) is 0 Å². The maximum absolute atomic E-state index is 12.1. The van der Waals surface area contributed by atoms with Gasteiger partial charge in [0.25, 0.3) is 0 Å². The summed E-state index contributed by atoms with van der Waals surface area (Å²) in [5, 5.41) is 0. The number of carbonyl (C=O) groups excluding carboxylic acids is 1. The third kappa shape index (κ3) is 4.04. The Kier molecular flexibility index (Phi) is 5.39. The average molecular weight is 380 g/mol. The number of rotatable bonds is 4. The van der Waals surface area contributed by atoms with E-state index in [4.69, 9.17) is 9.47 Å². The molecule has 0 aliphatic heterocycles. The van der Waals surface area contributed by atoms with Crippen molar-refractivity contribution in [1.29, 1.82) is 0 Å². The Morgan fingerprint density at radius 2 is 1.00 bits per heavy atom. The van der Waals surface area contributed by atoms with Crippen molar-refractivity contribution in [2.75, 3.05) is 7.11 Å². The van der Waals surface area contributed by atoms with Crippen molar-refractivity contribution in [2.45, 2.75) is 0 Å². The summed E-state index contributed by atoms with van der Waals surface area (Å²) in [6.45, 7) is 0. The first kappa shape index (κ1) is 18.5. The van der Waals surface area contributed by atoms with E-state index in [-0.39, 0.29) is 0 Å². The molecule has 3 nitrogen and oxygen atoms in total. The molecule has 0 amide bonds. The number of carbonyl (C=O) groups is 1. The molecule has 0 aliphatic rings. The van der Waals surface area contributed by atoms with E-state index in [2.05, 4.69) is 24.3 Å². The molecule has 142 valence electrons. The van der Waals surface area contributed by atoms with Gasteiger partial charge >= 0.3 is 6.16 Å². The molecule has 3 heteroatoms. The maximum Gasteiger partial charge on any atom is 0.513 e. The predicted molar refractivity (Wildman–Crippen MR) is 116 cm³/mol. The molecule has 0 saturated heterocycles. The van der Waals surface area contributed by atoms with Crippen molar-refractivity contribution in [3.05, 3.63) is 103 Å². The van der Waals surface area contributed by atoms with E-state index in [9.17, 15) is 4.79 Å². The first-order valence-corrected chi connectivity index (χ1v) is 9.36. The lowest BCUT2D eigenvalue weighted by Crippen LogP contribution is -2.09. The molecule has 0 atom stereocenters. The second-order valence-corrected chi connectivity index (χ2v) is 6.55. The Balaban J connectivity index is 2.02.